The summed E-state index contributed by atoms with van der Waals surface area (Å²) >= 11 is 0. The Morgan fingerprint density at radius 3 is 0.921 bits per heavy atom. The third kappa shape index (κ3) is 3.57. The minimum Gasteiger partial charge on any atom is -0.497 e. The molecule has 0 fully saturated rings. The topological polar surface area (TPSA) is 18.5 Å². The number of methoxy groups -OCH3 is 2. The molecule has 0 N–H and O–H groups in total. The Labute approximate surface area is 221 Å². The second-order valence-corrected chi connectivity index (χ2v) is 9.70. The second-order valence-electron chi connectivity index (χ2n) is 9.70. The molecule has 2 heteroatoms. The van der Waals surface area contributed by atoms with Crippen LogP contribution in [0, 0.1) is 0 Å². The van der Waals surface area contributed by atoms with Crippen LogP contribution in [0.3, 0.4) is 0 Å². The predicted molar refractivity (Wildman–Crippen MR) is 160 cm³/mol. The average Bonchev–Trinajstić information content (AvgIpc) is 2.98. The molecule has 0 amide bonds. The summed E-state index contributed by atoms with van der Waals surface area (Å²) in [6.07, 6.45) is 0. The van der Waals surface area contributed by atoms with Crippen molar-refractivity contribution in [2.45, 2.75) is 0 Å². The van der Waals surface area contributed by atoms with Crippen molar-refractivity contribution in [1.29, 1.82) is 0 Å². The van der Waals surface area contributed by atoms with E-state index in [9.17, 15) is 0 Å². The Morgan fingerprint density at radius 2 is 0.658 bits per heavy atom. The van der Waals surface area contributed by atoms with Crippen molar-refractivity contribution in [3.05, 3.63) is 121 Å². The van der Waals surface area contributed by atoms with E-state index < -0.39 is 0 Å². The van der Waals surface area contributed by atoms with Gasteiger partial charge in [0.25, 0.3) is 0 Å². The fraction of sp³-hybridized carbons (Fsp3) is 0.0556. The summed E-state index contributed by atoms with van der Waals surface area (Å²) in [5, 5.41) is 9.88. The maximum Gasteiger partial charge on any atom is 0.118 e. The van der Waals surface area contributed by atoms with Crippen molar-refractivity contribution < 1.29 is 9.47 Å². The van der Waals surface area contributed by atoms with E-state index in [0.717, 1.165) is 11.5 Å². The molecule has 7 aromatic rings. The van der Waals surface area contributed by atoms with E-state index in [4.69, 9.17) is 9.47 Å². The molecular weight excluding hydrogens is 464 g/mol. The highest BCUT2D eigenvalue weighted by atomic mass is 16.5. The molecule has 7 rings (SSSR count). The first kappa shape index (κ1) is 22.4. The molecule has 0 aliphatic heterocycles. The molecule has 0 spiro atoms. The van der Waals surface area contributed by atoms with Crippen LogP contribution in [-0.4, -0.2) is 14.2 Å². The van der Waals surface area contributed by atoms with E-state index in [1.807, 2.05) is 24.3 Å². The van der Waals surface area contributed by atoms with Gasteiger partial charge in [-0.1, -0.05) is 72.8 Å². The molecule has 0 unspecified atom stereocenters. The van der Waals surface area contributed by atoms with E-state index in [1.54, 1.807) is 14.2 Å². The monoisotopic (exact) mass is 490 g/mol. The predicted octanol–water partition coefficient (Wildman–Crippen LogP) is 9.65. The summed E-state index contributed by atoms with van der Waals surface area (Å²) in [6, 6.07) is 43.5. The van der Waals surface area contributed by atoms with Gasteiger partial charge in [-0.2, -0.15) is 0 Å². The van der Waals surface area contributed by atoms with Crippen LogP contribution in [0.1, 0.15) is 0 Å². The maximum absolute atomic E-state index is 5.48. The lowest BCUT2D eigenvalue weighted by Crippen LogP contribution is -1.93. The molecule has 7 aromatic carbocycles. The summed E-state index contributed by atoms with van der Waals surface area (Å²) < 4.78 is 11.0. The molecule has 0 saturated heterocycles. The fourth-order valence-electron chi connectivity index (χ4n) is 5.74. The van der Waals surface area contributed by atoms with Gasteiger partial charge in [-0.25, -0.2) is 0 Å². The van der Waals surface area contributed by atoms with Crippen molar-refractivity contribution in [2.24, 2.45) is 0 Å². The quantitative estimate of drug-likeness (QED) is 0.229. The van der Waals surface area contributed by atoms with E-state index in [2.05, 4.69) is 97.1 Å². The average molecular weight is 491 g/mol. The van der Waals surface area contributed by atoms with Gasteiger partial charge >= 0.3 is 0 Å². The van der Waals surface area contributed by atoms with Crippen LogP contribution in [0.2, 0.25) is 0 Å². The summed E-state index contributed by atoms with van der Waals surface area (Å²) in [4.78, 5) is 0. The highest BCUT2D eigenvalue weighted by molar-refractivity contribution is 6.25. The molecule has 182 valence electrons. The minimum atomic E-state index is 0.855. The van der Waals surface area contributed by atoms with Crippen molar-refractivity contribution in [3.8, 4) is 33.8 Å². The van der Waals surface area contributed by atoms with Crippen molar-refractivity contribution in [3.63, 3.8) is 0 Å². The van der Waals surface area contributed by atoms with Crippen molar-refractivity contribution in [1.82, 2.24) is 0 Å². The van der Waals surface area contributed by atoms with Crippen molar-refractivity contribution in [2.75, 3.05) is 14.2 Å². The second kappa shape index (κ2) is 8.93. The fourth-order valence-corrected chi connectivity index (χ4v) is 5.74. The molecule has 0 heterocycles. The summed E-state index contributed by atoms with van der Waals surface area (Å²) in [5.74, 6) is 1.71. The zero-order chi connectivity index (χ0) is 25.6. The van der Waals surface area contributed by atoms with Gasteiger partial charge in [0.2, 0.25) is 0 Å². The van der Waals surface area contributed by atoms with E-state index in [-0.39, 0.29) is 0 Å². The summed E-state index contributed by atoms with van der Waals surface area (Å²) in [5.41, 5.74) is 4.83. The van der Waals surface area contributed by atoms with Crippen LogP contribution in [0.15, 0.2) is 121 Å². The lowest BCUT2D eigenvalue weighted by atomic mass is 9.84. The van der Waals surface area contributed by atoms with Gasteiger partial charge in [-0.3, -0.25) is 0 Å². The lowest BCUT2D eigenvalue weighted by molar-refractivity contribution is 0.415. The van der Waals surface area contributed by atoms with Gasteiger partial charge in [-0.05, 0) is 114 Å². The zero-order valence-electron chi connectivity index (χ0n) is 21.4. The lowest BCUT2D eigenvalue weighted by Gasteiger charge is -2.20. The van der Waals surface area contributed by atoms with Gasteiger partial charge in [0, 0.05) is 0 Å². The van der Waals surface area contributed by atoms with Crippen LogP contribution in [0.5, 0.6) is 11.5 Å². The first-order valence-corrected chi connectivity index (χ1v) is 12.8. The number of fused-ring (bicyclic) bond motifs is 4. The van der Waals surface area contributed by atoms with Gasteiger partial charge in [0.1, 0.15) is 11.5 Å². The van der Waals surface area contributed by atoms with Crippen LogP contribution in [0.25, 0.3) is 65.3 Å². The Hall–Kier alpha value is -4.82. The molecule has 0 bridgehead atoms. The summed E-state index contributed by atoms with van der Waals surface area (Å²) in [7, 11) is 3.42. The Kier molecular flexibility index (Phi) is 5.26. The molecule has 2 nitrogen and oxygen atoms in total. The third-order valence-electron chi connectivity index (χ3n) is 7.61. The van der Waals surface area contributed by atoms with Gasteiger partial charge in [0.15, 0.2) is 0 Å². The van der Waals surface area contributed by atoms with Crippen LogP contribution >= 0.6 is 0 Å². The first-order valence-electron chi connectivity index (χ1n) is 12.8. The smallest absolute Gasteiger partial charge is 0.118 e. The molecule has 0 atom stereocenters. The van der Waals surface area contributed by atoms with E-state index in [0.29, 0.717) is 0 Å². The standard InChI is InChI=1S/C36H26O2/c1-37-29-15-11-23(12-16-29)35-31-19-25-7-3-5-9-27(25)21-33(31)36(24-13-17-30(38-2)18-14-24)34-22-28-10-6-4-8-26(28)20-32(34)35/h3-22H,1-2H3. The zero-order valence-corrected chi connectivity index (χ0v) is 21.4. The Morgan fingerprint density at radius 1 is 0.368 bits per heavy atom. The van der Waals surface area contributed by atoms with Gasteiger partial charge in [0.05, 0.1) is 14.2 Å². The van der Waals surface area contributed by atoms with Crippen LogP contribution < -0.4 is 9.47 Å². The normalized spacial score (nSPS) is 11.4. The largest absolute Gasteiger partial charge is 0.497 e. The molecule has 0 aliphatic carbocycles. The molecule has 0 aromatic heterocycles. The van der Waals surface area contributed by atoms with Gasteiger partial charge in [-0.15, -0.1) is 0 Å². The van der Waals surface area contributed by atoms with Crippen molar-refractivity contribution >= 4 is 43.1 Å². The first-order chi connectivity index (χ1) is 18.7. The summed E-state index contributed by atoms with van der Waals surface area (Å²) in [6.45, 7) is 0. The molecule has 0 saturated carbocycles. The number of rotatable bonds is 4. The van der Waals surface area contributed by atoms with Gasteiger partial charge < -0.3 is 9.47 Å². The molecule has 0 aliphatic rings. The molecular formula is C36H26O2. The highest BCUT2D eigenvalue weighted by Gasteiger charge is 2.18. The number of hydrogen-bond acceptors (Lipinski definition) is 2. The van der Waals surface area contributed by atoms with Crippen LogP contribution in [-0.2, 0) is 0 Å². The van der Waals surface area contributed by atoms with E-state index in [1.165, 1.54) is 65.3 Å². The SMILES string of the molecule is COc1ccc(-c2c3cc4ccccc4cc3c(-c3ccc(OC)cc3)c3cc4ccccc4cc23)cc1. The third-order valence-corrected chi connectivity index (χ3v) is 7.61. The molecule has 0 radical (unpaired) electrons. The Balaban J connectivity index is 1.71. The highest BCUT2D eigenvalue weighted by Crippen LogP contribution is 2.46. The minimum absolute atomic E-state index is 0.855. The molecule has 38 heavy (non-hydrogen) atoms. The number of benzene rings is 7. The Bertz CT molecular complexity index is 1730. The maximum atomic E-state index is 5.48. The van der Waals surface area contributed by atoms with E-state index >= 15 is 0 Å². The number of hydrogen-bond donors (Lipinski definition) is 0. The number of ether oxygens (including phenoxy) is 2. The van der Waals surface area contributed by atoms with Crippen LogP contribution in [0.4, 0.5) is 0 Å².